The van der Waals surface area contributed by atoms with Gasteiger partial charge >= 0.3 is 5.97 Å². The maximum absolute atomic E-state index is 13.8. The van der Waals surface area contributed by atoms with Crippen LogP contribution in [0.3, 0.4) is 0 Å². The summed E-state index contributed by atoms with van der Waals surface area (Å²) in [6, 6.07) is 3.79. The molecule has 144 valence electrons. The second-order valence-corrected chi connectivity index (χ2v) is 7.50. The Bertz CT molecular complexity index is 834. The van der Waals surface area contributed by atoms with E-state index < -0.39 is 17.6 Å². The van der Waals surface area contributed by atoms with Crippen molar-refractivity contribution in [2.45, 2.75) is 32.1 Å². The standard InChI is InChI=1S/C19H21F2N3O2S/c1-12(22-19-23-14(11-27-19)8-18(25)26)24(10-13-4-2-3-5-13)15-6-7-16(20)17(21)9-15/h6-7,9,11,13H,1-5,8,10H2,(H,22,23)(H,25,26). The molecule has 1 aliphatic carbocycles. The third-order valence-corrected chi connectivity index (χ3v) is 5.40. The second-order valence-electron chi connectivity index (χ2n) is 6.65. The lowest BCUT2D eigenvalue weighted by Gasteiger charge is -2.29. The van der Waals surface area contributed by atoms with E-state index >= 15 is 0 Å². The second kappa shape index (κ2) is 8.47. The van der Waals surface area contributed by atoms with Crippen molar-refractivity contribution in [2.24, 2.45) is 5.92 Å². The number of aromatic nitrogens is 1. The Morgan fingerprint density at radius 1 is 1.33 bits per heavy atom. The monoisotopic (exact) mass is 393 g/mol. The Kier molecular flexibility index (Phi) is 6.05. The van der Waals surface area contributed by atoms with Crippen LogP contribution in [-0.4, -0.2) is 22.6 Å². The number of anilines is 2. The zero-order chi connectivity index (χ0) is 19.4. The number of aliphatic carboxylic acids is 1. The number of hydrogen-bond donors (Lipinski definition) is 2. The third-order valence-electron chi connectivity index (χ3n) is 4.59. The van der Waals surface area contributed by atoms with Crippen molar-refractivity contribution in [3.05, 3.63) is 53.3 Å². The van der Waals surface area contributed by atoms with Gasteiger partial charge < -0.3 is 15.3 Å². The van der Waals surface area contributed by atoms with Gasteiger partial charge in [-0.2, -0.15) is 0 Å². The van der Waals surface area contributed by atoms with Gasteiger partial charge in [-0.15, -0.1) is 11.3 Å². The summed E-state index contributed by atoms with van der Waals surface area (Å²) < 4.78 is 27.1. The number of carboxylic acid groups (broad SMARTS) is 1. The number of carbonyl (C=O) groups is 1. The smallest absolute Gasteiger partial charge is 0.309 e. The molecule has 1 saturated carbocycles. The zero-order valence-electron chi connectivity index (χ0n) is 14.8. The van der Waals surface area contributed by atoms with Gasteiger partial charge in [-0.05, 0) is 30.9 Å². The highest BCUT2D eigenvalue weighted by molar-refractivity contribution is 7.13. The van der Waals surface area contributed by atoms with Crippen molar-refractivity contribution in [3.8, 4) is 0 Å². The Hall–Kier alpha value is -2.48. The molecular weight excluding hydrogens is 372 g/mol. The van der Waals surface area contributed by atoms with Crippen molar-refractivity contribution in [3.63, 3.8) is 0 Å². The molecule has 0 atom stereocenters. The van der Waals surface area contributed by atoms with E-state index in [9.17, 15) is 13.6 Å². The van der Waals surface area contributed by atoms with E-state index in [0.717, 1.165) is 25.0 Å². The van der Waals surface area contributed by atoms with E-state index in [4.69, 9.17) is 5.11 Å². The largest absolute Gasteiger partial charge is 0.481 e. The maximum Gasteiger partial charge on any atom is 0.309 e. The molecule has 27 heavy (non-hydrogen) atoms. The summed E-state index contributed by atoms with van der Waals surface area (Å²) in [5.41, 5.74) is 0.971. The maximum atomic E-state index is 13.8. The summed E-state index contributed by atoms with van der Waals surface area (Å²) in [5.74, 6) is -1.80. The lowest BCUT2D eigenvalue weighted by atomic mass is 10.1. The average molecular weight is 393 g/mol. The molecule has 0 spiro atoms. The first-order valence-electron chi connectivity index (χ1n) is 8.77. The molecule has 0 bridgehead atoms. The average Bonchev–Trinajstić information content (AvgIpc) is 3.27. The van der Waals surface area contributed by atoms with Crippen LogP contribution in [0.5, 0.6) is 0 Å². The fraction of sp³-hybridized carbons (Fsp3) is 0.368. The Labute approximate surface area is 160 Å². The van der Waals surface area contributed by atoms with Gasteiger partial charge in [-0.3, -0.25) is 4.79 Å². The number of thiazole rings is 1. The third kappa shape index (κ3) is 5.03. The highest BCUT2D eigenvalue weighted by atomic mass is 32.1. The molecular formula is C19H21F2N3O2S. The van der Waals surface area contributed by atoms with Gasteiger partial charge in [0.25, 0.3) is 0 Å². The fourth-order valence-electron chi connectivity index (χ4n) is 3.27. The predicted octanol–water partition coefficient (Wildman–Crippen LogP) is 4.63. The molecule has 1 heterocycles. The van der Waals surface area contributed by atoms with Crippen LogP contribution in [0.15, 0.2) is 36.0 Å². The molecule has 5 nitrogen and oxygen atoms in total. The molecule has 1 aromatic carbocycles. The predicted molar refractivity (Wildman–Crippen MR) is 102 cm³/mol. The lowest BCUT2D eigenvalue weighted by Crippen LogP contribution is -2.31. The molecule has 8 heteroatoms. The van der Waals surface area contributed by atoms with Crippen molar-refractivity contribution in [1.82, 2.24) is 4.98 Å². The molecule has 1 fully saturated rings. The Balaban J connectivity index is 1.78. The van der Waals surface area contributed by atoms with Crippen LogP contribution in [0.25, 0.3) is 0 Å². The Morgan fingerprint density at radius 2 is 2.07 bits per heavy atom. The van der Waals surface area contributed by atoms with Crippen LogP contribution in [0.4, 0.5) is 19.6 Å². The molecule has 0 saturated heterocycles. The number of nitrogens with one attached hydrogen (secondary N) is 1. The van der Waals surface area contributed by atoms with Gasteiger partial charge in [-0.1, -0.05) is 19.4 Å². The van der Waals surface area contributed by atoms with E-state index in [1.807, 2.05) is 4.90 Å². The normalized spacial score (nSPS) is 14.3. The van der Waals surface area contributed by atoms with Crippen molar-refractivity contribution in [1.29, 1.82) is 0 Å². The number of benzene rings is 1. The summed E-state index contributed by atoms with van der Waals surface area (Å²) in [6.45, 7) is 4.68. The van der Waals surface area contributed by atoms with Gasteiger partial charge in [-0.25, -0.2) is 13.8 Å². The van der Waals surface area contributed by atoms with Gasteiger partial charge in [0.15, 0.2) is 16.8 Å². The van der Waals surface area contributed by atoms with Gasteiger partial charge in [0, 0.05) is 23.7 Å². The van der Waals surface area contributed by atoms with Crippen molar-refractivity contribution >= 4 is 28.1 Å². The van der Waals surface area contributed by atoms with Crippen LogP contribution >= 0.6 is 11.3 Å². The van der Waals surface area contributed by atoms with Crippen LogP contribution < -0.4 is 10.2 Å². The van der Waals surface area contributed by atoms with Crippen LogP contribution in [0, 0.1) is 17.6 Å². The first-order chi connectivity index (χ1) is 12.9. The topological polar surface area (TPSA) is 65.5 Å². The summed E-state index contributed by atoms with van der Waals surface area (Å²) in [4.78, 5) is 16.9. The minimum atomic E-state index is -0.949. The minimum absolute atomic E-state index is 0.153. The molecule has 0 aliphatic heterocycles. The lowest BCUT2D eigenvalue weighted by molar-refractivity contribution is -0.136. The molecule has 1 aromatic heterocycles. The quantitative estimate of drug-likeness (QED) is 0.685. The summed E-state index contributed by atoms with van der Waals surface area (Å²) in [6.07, 6.45) is 4.36. The highest BCUT2D eigenvalue weighted by Gasteiger charge is 2.22. The minimum Gasteiger partial charge on any atom is -0.481 e. The number of nitrogens with zero attached hydrogens (tertiary/aromatic N) is 2. The van der Waals surface area contributed by atoms with Crippen LogP contribution in [0.2, 0.25) is 0 Å². The molecule has 1 aliphatic rings. The first-order valence-corrected chi connectivity index (χ1v) is 9.65. The Morgan fingerprint density at radius 3 is 2.74 bits per heavy atom. The molecule has 0 radical (unpaired) electrons. The zero-order valence-corrected chi connectivity index (χ0v) is 15.6. The van der Waals surface area contributed by atoms with Gasteiger partial charge in [0.05, 0.1) is 12.1 Å². The number of hydrogen-bond acceptors (Lipinski definition) is 5. The highest BCUT2D eigenvalue weighted by Crippen LogP contribution is 2.30. The van der Waals surface area contributed by atoms with E-state index in [-0.39, 0.29) is 6.42 Å². The van der Waals surface area contributed by atoms with Gasteiger partial charge in [0.2, 0.25) is 0 Å². The SMILES string of the molecule is C=C(Nc1nc(CC(=O)O)cs1)N(CC1CCCC1)c1ccc(F)c(F)c1. The van der Waals surface area contributed by atoms with Crippen molar-refractivity contribution in [2.75, 3.05) is 16.8 Å². The van der Waals surface area contributed by atoms with Crippen molar-refractivity contribution < 1.29 is 18.7 Å². The number of carboxylic acids is 1. The first kappa shape index (κ1) is 19.3. The molecule has 2 N–H and O–H groups in total. The van der Waals surface area contributed by atoms with Crippen LogP contribution in [0.1, 0.15) is 31.4 Å². The summed E-state index contributed by atoms with van der Waals surface area (Å²) in [5, 5.41) is 14.1. The number of rotatable bonds is 8. The van der Waals surface area contributed by atoms with Crippen LogP contribution in [-0.2, 0) is 11.2 Å². The molecule has 2 aromatic rings. The fourth-order valence-corrected chi connectivity index (χ4v) is 4.00. The molecule has 0 unspecified atom stereocenters. The van der Waals surface area contributed by atoms with E-state index in [2.05, 4.69) is 16.9 Å². The van der Waals surface area contributed by atoms with E-state index in [1.54, 1.807) is 5.38 Å². The summed E-state index contributed by atoms with van der Waals surface area (Å²) in [7, 11) is 0. The number of halogens is 2. The molecule has 3 rings (SSSR count). The van der Waals surface area contributed by atoms with Gasteiger partial charge in [0.1, 0.15) is 5.82 Å². The van der Waals surface area contributed by atoms with E-state index in [1.165, 1.54) is 30.2 Å². The van der Waals surface area contributed by atoms with E-state index in [0.29, 0.717) is 34.8 Å². The molecule has 0 amide bonds. The summed E-state index contributed by atoms with van der Waals surface area (Å²) >= 11 is 1.27.